The number of rotatable bonds is 5. The molecular weight excluding hydrogens is 439 g/mol. The van der Waals surface area contributed by atoms with E-state index in [-0.39, 0.29) is 12.5 Å². The minimum Gasteiger partial charge on any atom is -0.483 e. The van der Waals surface area contributed by atoms with E-state index in [1.165, 1.54) is 11.3 Å². The number of aryl methyl sites for hydroxylation is 2. The van der Waals surface area contributed by atoms with E-state index in [0.717, 1.165) is 26.4 Å². The molecule has 0 fully saturated rings. The van der Waals surface area contributed by atoms with Crippen molar-refractivity contribution in [3.63, 3.8) is 0 Å². The van der Waals surface area contributed by atoms with Crippen LogP contribution in [0, 0.1) is 13.8 Å². The molecule has 1 aromatic heterocycles. The number of benzene rings is 3. The molecule has 0 unspecified atom stereocenters. The fourth-order valence-electron chi connectivity index (χ4n) is 3.09. The summed E-state index contributed by atoms with van der Waals surface area (Å²) in [6, 6.07) is 17.0. The van der Waals surface area contributed by atoms with Gasteiger partial charge in [0.25, 0.3) is 5.91 Å². The van der Waals surface area contributed by atoms with E-state index < -0.39 is 0 Å². The monoisotopic (exact) mass is 456 g/mol. The second kappa shape index (κ2) is 8.64. The quantitative estimate of drug-likeness (QED) is 0.355. The van der Waals surface area contributed by atoms with Gasteiger partial charge in [0.2, 0.25) is 0 Å². The van der Waals surface area contributed by atoms with Crippen LogP contribution in [0.4, 0.5) is 5.69 Å². The van der Waals surface area contributed by atoms with Crippen molar-refractivity contribution in [1.82, 2.24) is 4.98 Å². The third-order valence-corrected chi connectivity index (χ3v) is 6.24. The van der Waals surface area contributed by atoms with Crippen molar-refractivity contribution in [3.05, 3.63) is 75.8 Å². The Kier molecular flexibility index (Phi) is 5.95. The van der Waals surface area contributed by atoms with Gasteiger partial charge in [0, 0.05) is 5.56 Å². The fourth-order valence-corrected chi connectivity index (χ4v) is 4.66. The molecule has 0 aliphatic rings. The van der Waals surface area contributed by atoms with Gasteiger partial charge in [0.15, 0.2) is 6.61 Å². The SMILES string of the molecule is Cc1ccc(OCC(=O)Nc2cc(-c3nc4ccccc4s3)c(Cl)cc2Cl)c(C)c1. The fraction of sp³-hybridized carbons (Fsp3) is 0.130. The van der Waals surface area contributed by atoms with Gasteiger partial charge >= 0.3 is 0 Å². The lowest BCUT2D eigenvalue weighted by molar-refractivity contribution is -0.118. The number of ether oxygens (including phenoxy) is 1. The predicted octanol–water partition coefficient (Wildman–Crippen LogP) is 6.90. The molecule has 3 aromatic carbocycles. The highest BCUT2D eigenvalue weighted by molar-refractivity contribution is 7.21. The van der Waals surface area contributed by atoms with Gasteiger partial charge in [-0.1, -0.05) is 53.0 Å². The highest BCUT2D eigenvalue weighted by Crippen LogP contribution is 2.38. The number of thiazole rings is 1. The van der Waals surface area contributed by atoms with Crippen LogP contribution in [0.3, 0.4) is 0 Å². The van der Waals surface area contributed by atoms with Crippen molar-refractivity contribution in [3.8, 4) is 16.3 Å². The molecule has 1 heterocycles. The van der Waals surface area contributed by atoms with Crippen molar-refractivity contribution >= 4 is 56.3 Å². The maximum atomic E-state index is 12.4. The normalized spacial score (nSPS) is 10.9. The number of carbonyl (C=O) groups is 1. The molecule has 4 rings (SSSR count). The lowest BCUT2D eigenvalue weighted by Crippen LogP contribution is -2.20. The second-order valence-electron chi connectivity index (χ2n) is 6.90. The Hall–Kier alpha value is -2.60. The summed E-state index contributed by atoms with van der Waals surface area (Å²) in [7, 11) is 0. The Balaban J connectivity index is 1.53. The topological polar surface area (TPSA) is 51.2 Å². The number of aromatic nitrogens is 1. The summed E-state index contributed by atoms with van der Waals surface area (Å²) in [5.74, 6) is 0.363. The Morgan fingerprint density at radius 3 is 2.63 bits per heavy atom. The average Bonchev–Trinajstić information content (AvgIpc) is 3.13. The maximum absolute atomic E-state index is 12.4. The molecule has 0 radical (unpaired) electrons. The van der Waals surface area contributed by atoms with Crippen molar-refractivity contribution < 1.29 is 9.53 Å². The third kappa shape index (κ3) is 4.43. The molecule has 30 heavy (non-hydrogen) atoms. The number of nitrogens with one attached hydrogen (secondary N) is 1. The van der Waals surface area contributed by atoms with Gasteiger partial charge < -0.3 is 10.1 Å². The molecule has 0 atom stereocenters. The van der Waals surface area contributed by atoms with E-state index in [1.54, 1.807) is 12.1 Å². The first kappa shape index (κ1) is 20.7. The molecule has 1 N–H and O–H groups in total. The summed E-state index contributed by atoms with van der Waals surface area (Å²) >= 11 is 14.3. The molecule has 152 valence electrons. The number of amides is 1. The lowest BCUT2D eigenvalue weighted by atomic mass is 10.1. The molecule has 0 saturated heterocycles. The van der Waals surface area contributed by atoms with Crippen LogP contribution in [-0.4, -0.2) is 17.5 Å². The van der Waals surface area contributed by atoms with Crippen LogP contribution in [-0.2, 0) is 4.79 Å². The molecule has 4 aromatic rings. The molecule has 4 nitrogen and oxygen atoms in total. The van der Waals surface area contributed by atoms with Crippen molar-refractivity contribution in [2.24, 2.45) is 0 Å². The van der Waals surface area contributed by atoms with E-state index in [0.29, 0.717) is 27.0 Å². The number of anilines is 1. The molecule has 0 saturated carbocycles. The summed E-state index contributed by atoms with van der Waals surface area (Å²) in [4.78, 5) is 17.1. The number of hydrogen-bond acceptors (Lipinski definition) is 4. The maximum Gasteiger partial charge on any atom is 0.262 e. The smallest absolute Gasteiger partial charge is 0.262 e. The first-order chi connectivity index (χ1) is 14.4. The molecule has 7 heteroatoms. The summed E-state index contributed by atoms with van der Waals surface area (Å²) < 4.78 is 6.71. The van der Waals surface area contributed by atoms with Gasteiger partial charge in [0.05, 0.1) is 25.9 Å². The van der Waals surface area contributed by atoms with Crippen LogP contribution in [0.1, 0.15) is 11.1 Å². The van der Waals surface area contributed by atoms with Gasteiger partial charge in [-0.15, -0.1) is 11.3 Å². The number of para-hydroxylation sites is 1. The summed E-state index contributed by atoms with van der Waals surface area (Å²) in [5.41, 5.74) is 4.19. The van der Waals surface area contributed by atoms with E-state index >= 15 is 0 Å². The van der Waals surface area contributed by atoms with E-state index in [1.807, 2.05) is 56.3 Å². The molecule has 0 aliphatic carbocycles. The first-order valence-corrected chi connectivity index (χ1v) is 10.8. The largest absolute Gasteiger partial charge is 0.483 e. The first-order valence-electron chi connectivity index (χ1n) is 9.25. The number of fused-ring (bicyclic) bond motifs is 1. The summed E-state index contributed by atoms with van der Waals surface area (Å²) in [6.07, 6.45) is 0. The lowest BCUT2D eigenvalue weighted by Gasteiger charge is -2.12. The number of nitrogens with zero attached hydrogens (tertiary/aromatic N) is 1. The molecule has 0 aliphatic heterocycles. The van der Waals surface area contributed by atoms with Crippen molar-refractivity contribution in [2.75, 3.05) is 11.9 Å². The summed E-state index contributed by atoms with van der Waals surface area (Å²) in [6.45, 7) is 3.83. The van der Waals surface area contributed by atoms with Crippen molar-refractivity contribution in [1.29, 1.82) is 0 Å². The van der Waals surface area contributed by atoms with Crippen molar-refractivity contribution in [2.45, 2.75) is 13.8 Å². The molecule has 1 amide bonds. The average molecular weight is 457 g/mol. The molecular formula is C23H18Cl2N2O2S. The highest BCUT2D eigenvalue weighted by atomic mass is 35.5. The molecule has 0 spiro atoms. The van der Waals surface area contributed by atoms with Gasteiger partial charge in [-0.3, -0.25) is 4.79 Å². The third-order valence-electron chi connectivity index (χ3n) is 4.54. The zero-order valence-electron chi connectivity index (χ0n) is 16.3. The van der Waals surface area contributed by atoms with Crippen LogP contribution in [0.15, 0.2) is 54.6 Å². The van der Waals surface area contributed by atoms with Crippen LogP contribution in [0.5, 0.6) is 5.75 Å². The van der Waals surface area contributed by atoms with E-state index in [2.05, 4.69) is 10.3 Å². The van der Waals surface area contributed by atoms with Gasteiger partial charge in [-0.2, -0.15) is 0 Å². The Bertz CT molecular complexity index is 1220. The molecule has 0 bridgehead atoms. The zero-order chi connectivity index (χ0) is 21.3. The number of carbonyl (C=O) groups excluding carboxylic acids is 1. The van der Waals surface area contributed by atoms with Gasteiger partial charge in [-0.05, 0) is 49.7 Å². The Labute approximate surface area is 188 Å². The Morgan fingerprint density at radius 2 is 1.87 bits per heavy atom. The minimum absolute atomic E-state index is 0.126. The van der Waals surface area contributed by atoms with Crippen LogP contribution < -0.4 is 10.1 Å². The minimum atomic E-state index is -0.311. The van der Waals surface area contributed by atoms with Crippen LogP contribution >= 0.6 is 34.5 Å². The Morgan fingerprint density at radius 1 is 1.07 bits per heavy atom. The number of halogens is 2. The van der Waals surface area contributed by atoms with Gasteiger partial charge in [0.1, 0.15) is 10.8 Å². The van der Waals surface area contributed by atoms with Gasteiger partial charge in [-0.25, -0.2) is 4.98 Å². The second-order valence-corrected chi connectivity index (χ2v) is 8.75. The van der Waals surface area contributed by atoms with E-state index in [4.69, 9.17) is 27.9 Å². The van der Waals surface area contributed by atoms with Crippen LogP contribution in [0.2, 0.25) is 10.0 Å². The standard InChI is InChI=1S/C23H18Cl2N2O2S/c1-13-7-8-20(14(2)9-13)29-12-22(28)26-19-10-15(16(24)11-17(19)25)23-27-18-5-3-4-6-21(18)30-23/h3-11H,12H2,1-2H3,(H,26,28). The van der Waals surface area contributed by atoms with Crippen LogP contribution in [0.25, 0.3) is 20.8 Å². The summed E-state index contributed by atoms with van der Waals surface area (Å²) in [5, 5.41) is 4.40. The predicted molar refractivity (Wildman–Crippen MR) is 125 cm³/mol. The van der Waals surface area contributed by atoms with E-state index in [9.17, 15) is 4.79 Å². The number of hydrogen-bond donors (Lipinski definition) is 1. The highest BCUT2D eigenvalue weighted by Gasteiger charge is 2.15. The zero-order valence-corrected chi connectivity index (χ0v) is 18.7.